The second-order valence-corrected chi connectivity index (χ2v) is 2.41. The van der Waals surface area contributed by atoms with Gasteiger partial charge >= 0.3 is 49.4 Å². The van der Waals surface area contributed by atoms with E-state index >= 15 is 0 Å². The fourth-order valence-electron chi connectivity index (χ4n) is 0.490. The van der Waals surface area contributed by atoms with Gasteiger partial charge in [-0.1, -0.05) is 36.5 Å². The van der Waals surface area contributed by atoms with Crippen LogP contribution in [0.15, 0.2) is 48.6 Å². The van der Waals surface area contributed by atoms with Gasteiger partial charge in [-0.3, -0.25) is 0 Å². The van der Waals surface area contributed by atoms with Crippen LogP contribution in [-0.4, -0.2) is 11.9 Å². The van der Waals surface area contributed by atoms with Crippen LogP contribution in [0.4, 0.5) is 0 Å². The molecule has 93 valence electrons. The topological polar surface area (TPSA) is 80.3 Å². The largest absolute Gasteiger partial charge is 2.00 e. The molecule has 0 heterocycles. The molecule has 0 aromatic carbocycles. The quantitative estimate of drug-likeness (QED) is 0.502. The zero-order valence-electron chi connectivity index (χ0n) is 9.63. The summed E-state index contributed by atoms with van der Waals surface area (Å²) in [5, 5.41) is 19.3. The van der Waals surface area contributed by atoms with Gasteiger partial charge in [-0.15, -0.1) is 0 Å². The smallest absolute Gasteiger partial charge is 0.545 e. The van der Waals surface area contributed by atoms with Crippen LogP contribution in [-0.2, 0) is 9.59 Å². The molecule has 5 heteroatoms. The van der Waals surface area contributed by atoms with Crippen LogP contribution in [0.3, 0.4) is 0 Å². The fraction of sp³-hybridized carbons (Fsp3) is 0.167. The average molecular weight is 374 g/mol. The van der Waals surface area contributed by atoms with Crippen LogP contribution in [0.5, 0.6) is 0 Å². The Labute approximate surface area is 142 Å². The number of carbonyl (C=O) groups excluding carboxylic acids is 2. The molecule has 0 aliphatic rings. The van der Waals surface area contributed by atoms with E-state index in [2.05, 4.69) is 0 Å². The molecule has 0 aromatic rings. The van der Waals surface area contributed by atoms with Crippen molar-refractivity contribution < 1.29 is 69.2 Å². The third kappa shape index (κ3) is 31.3. The van der Waals surface area contributed by atoms with Crippen LogP contribution in [0.2, 0.25) is 0 Å². The first-order valence-corrected chi connectivity index (χ1v) is 4.55. The standard InChI is InChI=1S/2C6H8O2.Eu/c2*1-2-3-4-5-6(7)8;/h2*2-5H,1H3,(H,7,8);/q;;+2/p-2/b2*3-2+,5-4+;. The van der Waals surface area contributed by atoms with E-state index in [-0.39, 0.29) is 49.4 Å². The monoisotopic (exact) mass is 375 g/mol. The molecule has 4 nitrogen and oxygen atoms in total. The first-order chi connectivity index (χ1) is 7.54. The molecule has 0 amide bonds. The van der Waals surface area contributed by atoms with Crippen molar-refractivity contribution in [1.29, 1.82) is 0 Å². The Morgan fingerprint density at radius 2 is 1.06 bits per heavy atom. The SMILES string of the molecule is C/C=C/C=C/C(=O)[O-].C/C=C/C=C/C(=O)[O-].[Eu+2]. The summed E-state index contributed by atoms with van der Waals surface area (Å²) in [5.74, 6) is -2.33. The van der Waals surface area contributed by atoms with Crippen LogP contribution in [0.25, 0.3) is 0 Å². The van der Waals surface area contributed by atoms with Gasteiger partial charge in [0, 0.05) is 0 Å². The Morgan fingerprint density at radius 3 is 1.24 bits per heavy atom. The molecule has 0 atom stereocenters. The predicted molar refractivity (Wildman–Crippen MR) is 57.9 cm³/mol. The Morgan fingerprint density at radius 1 is 0.765 bits per heavy atom. The predicted octanol–water partition coefficient (Wildman–Crippen LogP) is -0.263. The Bertz CT molecular complexity index is 282. The van der Waals surface area contributed by atoms with E-state index in [1.807, 2.05) is 0 Å². The number of rotatable bonds is 4. The maximum absolute atomic E-state index is 9.64. The van der Waals surface area contributed by atoms with Gasteiger partial charge in [0.1, 0.15) is 0 Å². The molecule has 0 saturated carbocycles. The van der Waals surface area contributed by atoms with Gasteiger partial charge in [-0.25, -0.2) is 0 Å². The van der Waals surface area contributed by atoms with Gasteiger partial charge in [0.25, 0.3) is 0 Å². The van der Waals surface area contributed by atoms with Gasteiger partial charge < -0.3 is 19.8 Å². The van der Waals surface area contributed by atoms with Crippen LogP contribution in [0, 0.1) is 49.4 Å². The van der Waals surface area contributed by atoms with Crippen molar-refractivity contribution in [3.63, 3.8) is 0 Å². The summed E-state index contributed by atoms with van der Waals surface area (Å²) in [6, 6.07) is 0. The molecule has 0 spiro atoms. The van der Waals surface area contributed by atoms with Crippen molar-refractivity contribution in [2.75, 3.05) is 0 Å². The second-order valence-electron chi connectivity index (χ2n) is 2.41. The number of carboxylic acids is 2. The summed E-state index contributed by atoms with van der Waals surface area (Å²) in [4.78, 5) is 19.3. The van der Waals surface area contributed by atoms with Crippen LogP contribution < -0.4 is 10.2 Å². The first-order valence-electron chi connectivity index (χ1n) is 4.55. The summed E-state index contributed by atoms with van der Waals surface area (Å²) < 4.78 is 0. The molecule has 0 aromatic heterocycles. The average Bonchev–Trinajstić information content (AvgIpc) is 2.18. The Kier molecular flexibility index (Phi) is 22.8. The minimum absolute atomic E-state index is 0. The summed E-state index contributed by atoms with van der Waals surface area (Å²) in [5.41, 5.74) is 0. The molecular weight excluding hydrogens is 360 g/mol. The van der Waals surface area contributed by atoms with E-state index in [0.717, 1.165) is 12.2 Å². The molecule has 0 unspecified atom stereocenters. The van der Waals surface area contributed by atoms with Crippen molar-refractivity contribution in [1.82, 2.24) is 0 Å². The van der Waals surface area contributed by atoms with Crippen molar-refractivity contribution in [2.45, 2.75) is 13.8 Å². The third-order valence-electron chi connectivity index (χ3n) is 1.07. The molecule has 0 fully saturated rings. The summed E-state index contributed by atoms with van der Waals surface area (Å²) in [7, 11) is 0. The molecule has 1 radical (unpaired) electrons. The maximum Gasteiger partial charge on any atom is 2.00 e. The van der Waals surface area contributed by atoms with Crippen LogP contribution in [0.1, 0.15) is 13.8 Å². The Balaban J connectivity index is -0.000000218. The van der Waals surface area contributed by atoms with Gasteiger partial charge in [-0.05, 0) is 26.0 Å². The number of allylic oxidation sites excluding steroid dienone is 6. The van der Waals surface area contributed by atoms with E-state index in [1.165, 1.54) is 12.2 Å². The summed E-state index contributed by atoms with van der Waals surface area (Å²) in [6.45, 7) is 3.61. The van der Waals surface area contributed by atoms with E-state index < -0.39 is 11.9 Å². The van der Waals surface area contributed by atoms with E-state index in [1.54, 1.807) is 38.2 Å². The number of hydrogen-bond acceptors (Lipinski definition) is 4. The normalized spacial score (nSPS) is 10.5. The van der Waals surface area contributed by atoms with E-state index in [4.69, 9.17) is 0 Å². The zero-order valence-corrected chi connectivity index (χ0v) is 12.1. The van der Waals surface area contributed by atoms with Gasteiger partial charge in [0.15, 0.2) is 0 Å². The molecule has 0 saturated heterocycles. The zero-order chi connectivity index (χ0) is 12.8. The van der Waals surface area contributed by atoms with Gasteiger partial charge in [-0.2, -0.15) is 0 Å². The molecule has 17 heavy (non-hydrogen) atoms. The molecule has 0 bridgehead atoms. The van der Waals surface area contributed by atoms with Crippen molar-refractivity contribution in [3.8, 4) is 0 Å². The molecular formula is C12H14EuO4. The summed E-state index contributed by atoms with van der Waals surface area (Å²) >= 11 is 0. The maximum atomic E-state index is 9.64. The third-order valence-corrected chi connectivity index (χ3v) is 1.07. The number of aliphatic carboxylic acids is 2. The second kappa shape index (κ2) is 17.9. The number of hydrogen-bond donors (Lipinski definition) is 0. The van der Waals surface area contributed by atoms with Crippen molar-refractivity contribution in [2.24, 2.45) is 0 Å². The summed E-state index contributed by atoms with van der Waals surface area (Å²) in [6.07, 6.45) is 11.5. The molecule has 0 aliphatic heterocycles. The minimum Gasteiger partial charge on any atom is -0.545 e. The van der Waals surface area contributed by atoms with E-state index in [9.17, 15) is 19.8 Å². The van der Waals surface area contributed by atoms with Gasteiger partial charge in [0.2, 0.25) is 0 Å². The van der Waals surface area contributed by atoms with Gasteiger partial charge in [0.05, 0.1) is 11.9 Å². The molecule has 0 rings (SSSR count). The minimum atomic E-state index is -1.16. The van der Waals surface area contributed by atoms with Crippen LogP contribution >= 0.6 is 0 Å². The Hall–Kier alpha value is -0.516. The van der Waals surface area contributed by atoms with Crippen molar-refractivity contribution in [3.05, 3.63) is 48.6 Å². The number of carboxylic acid groups (broad SMARTS) is 2. The molecule has 0 aliphatic carbocycles. The first kappa shape index (κ1) is 21.7. The number of carbonyl (C=O) groups is 2. The fourth-order valence-corrected chi connectivity index (χ4v) is 0.490. The van der Waals surface area contributed by atoms with Crippen molar-refractivity contribution >= 4 is 11.9 Å². The van der Waals surface area contributed by atoms with E-state index in [0.29, 0.717) is 0 Å². The molecule has 0 N–H and O–H groups in total.